The number of halogens is 1. The Hall–Kier alpha value is -3.11. The van der Waals surface area contributed by atoms with Gasteiger partial charge in [0.05, 0.1) is 22.6 Å². The molecule has 3 aromatic rings. The van der Waals surface area contributed by atoms with E-state index in [0.29, 0.717) is 42.1 Å². The third-order valence-corrected chi connectivity index (χ3v) is 8.70. The zero-order valence-electron chi connectivity index (χ0n) is 18.1. The lowest BCUT2D eigenvalue weighted by atomic mass is 10.0. The van der Waals surface area contributed by atoms with Crippen LogP contribution in [-0.2, 0) is 26.5 Å². The molecule has 33 heavy (non-hydrogen) atoms. The number of fused-ring (bicyclic) bond motifs is 1. The summed E-state index contributed by atoms with van der Waals surface area (Å²) in [5, 5.41) is 0. The van der Waals surface area contributed by atoms with E-state index in [9.17, 15) is 21.2 Å². The molecule has 10 heteroatoms. The van der Waals surface area contributed by atoms with Gasteiger partial charge in [0.2, 0.25) is 0 Å². The molecule has 1 heterocycles. The van der Waals surface area contributed by atoms with Crippen molar-refractivity contribution in [3.05, 3.63) is 77.6 Å². The lowest BCUT2D eigenvalue weighted by molar-refractivity contribution is 0.414. The van der Waals surface area contributed by atoms with Gasteiger partial charge in [-0.3, -0.25) is 9.03 Å². The Kier molecular flexibility index (Phi) is 6.06. The average molecular weight is 491 g/mol. The Labute approximate surface area is 192 Å². The van der Waals surface area contributed by atoms with Crippen LogP contribution in [0.5, 0.6) is 5.75 Å². The molecule has 0 atom stereocenters. The monoisotopic (exact) mass is 490 g/mol. The maximum absolute atomic E-state index is 13.5. The molecule has 1 aliphatic rings. The second-order valence-corrected chi connectivity index (χ2v) is 11.3. The van der Waals surface area contributed by atoms with E-state index in [1.807, 2.05) is 0 Å². The molecule has 0 spiro atoms. The molecule has 0 unspecified atom stereocenters. The van der Waals surface area contributed by atoms with Gasteiger partial charge in [0, 0.05) is 12.2 Å². The highest BCUT2D eigenvalue weighted by Crippen LogP contribution is 2.34. The fourth-order valence-electron chi connectivity index (χ4n) is 3.75. The maximum Gasteiger partial charge on any atom is 0.264 e. The van der Waals surface area contributed by atoms with Crippen molar-refractivity contribution in [3.8, 4) is 5.75 Å². The Balaban J connectivity index is 1.63. The van der Waals surface area contributed by atoms with Crippen molar-refractivity contribution in [3.63, 3.8) is 0 Å². The molecular formula is C23H23FN2O5S2. The van der Waals surface area contributed by atoms with E-state index in [-0.39, 0.29) is 15.4 Å². The number of rotatable bonds is 6. The Morgan fingerprint density at radius 2 is 1.64 bits per heavy atom. The molecule has 1 N–H and O–H groups in total. The van der Waals surface area contributed by atoms with Crippen LogP contribution in [0.2, 0.25) is 0 Å². The summed E-state index contributed by atoms with van der Waals surface area (Å²) in [4.78, 5) is 0.0930. The van der Waals surface area contributed by atoms with E-state index in [1.165, 1.54) is 48.7 Å². The van der Waals surface area contributed by atoms with Crippen molar-refractivity contribution in [2.24, 2.45) is 0 Å². The minimum atomic E-state index is -3.93. The zero-order valence-corrected chi connectivity index (χ0v) is 19.7. The van der Waals surface area contributed by atoms with E-state index in [1.54, 1.807) is 24.3 Å². The number of benzene rings is 3. The van der Waals surface area contributed by atoms with E-state index < -0.39 is 25.9 Å². The largest absolute Gasteiger partial charge is 0.497 e. The minimum absolute atomic E-state index is 0.0529. The molecule has 174 valence electrons. The molecule has 0 aromatic heterocycles. The molecule has 0 saturated heterocycles. The fourth-order valence-corrected chi connectivity index (χ4v) is 6.42. The fraction of sp³-hybridized carbons (Fsp3) is 0.217. The van der Waals surface area contributed by atoms with Gasteiger partial charge in [-0.1, -0.05) is 0 Å². The van der Waals surface area contributed by atoms with Gasteiger partial charge in [0.15, 0.2) is 0 Å². The summed E-state index contributed by atoms with van der Waals surface area (Å²) in [6.07, 6.45) is 1.20. The van der Waals surface area contributed by atoms with E-state index in [2.05, 4.69) is 4.72 Å². The van der Waals surface area contributed by atoms with Crippen LogP contribution in [0.4, 0.5) is 15.8 Å². The summed E-state index contributed by atoms with van der Waals surface area (Å²) < 4.78 is 74.4. The van der Waals surface area contributed by atoms with Gasteiger partial charge in [0.1, 0.15) is 11.6 Å². The van der Waals surface area contributed by atoms with E-state index >= 15 is 0 Å². The lowest BCUT2D eigenvalue weighted by Crippen LogP contribution is -2.35. The third kappa shape index (κ3) is 4.53. The molecule has 0 aliphatic carbocycles. The number of aryl methyl sites for hydroxylation is 2. The highest BCUT2D eigenvalue weighted by atomic mass is 32.2. The molecule has 1 aliphatic heterocycles. The summed E-state index contributed by atoms with van der Waals surface area (Å²) in [6.45, 7) is 1.81. The Bertz CT molecular complexity index is 1410. The SMILES string of the molecule is COc1ccc(S(=O)(=O)N2CCCc3cc(NS(=O)(=O)c4ccc(F)c(C)c4)ccc32)cc1. The van der Waals surface area contributed by atoms with E-state index in [4.69, 9.17) is 4.74 Å². The van der Waals surface area contributed by atoms with Crippen molar-refractivity contribution in [2.45, 2.75) is 29.6 Å². The summed E-state index contributed by atoms with van der Waals surface area (Å²) in [6, 6.07) is 14.5. The molecule has 0 amide bonds. The molecule has 0 fully saturated rings. The maximum atomic E-state index is 13.5. The number of nitrogens with one attached hydrogen (secondary N) is 1. The molecular weight excluding hydrogens is 467 g/mol. The lowest BCUT2D eigenvalue weighted by Gasteiger charge is -2.31. The van der Waals surface area contributed by atoms with Crippen LogP contribution in [0, 0.1) is 12.7 Å². The summed E-state index contributed by atoms with van der Waals surface area (Å²) >= 11 is 0. The minimum Gasteiger partial charge on any atom is -0.497 e. The number of hydrogen-bond donors (Lipinski definition) is 1. The molecule has 4 rings (SSSR count). The van der Waals surface area contributed by atoms with Gasteiger partial charge in [-0.25, -0.2) is 21.2 Å². The standard InChI is InChI=1S/C23H23FN2O5S2/c1-16-14-21(10-11-22(16)24)32(27,28)25-18-5-12-23-17(15-18)4-3-13-26(23)33(29,30)20-8-6-19(31-2)7-9-20/h5-12,14-15,25H,3-4,13H2,1-2H3. The van der Waals surface area contributed by atoms with Crippen molar-refractivity contribution in [1.82, 2.24) is 0 Å². The van der Waals surface area contributed by atoms with Gasteiger partial charge in [-0.05, 0) is 91.6 Å². The number of anilines is 2. The van der Waals surface area contributed by atoms with Gasteiger partial charge in [-0.15, -0.1) is 0 Å². The van der Waals surface area contributed by atoms with Crippen molar-refractivity contribution < 1.29 is 26.0 Å². The van der Waals surface area contributed by atoms with Crippen LogP contribution in [0.3, 0.4) is 0 Å². The molecule has 0 saturated carbocycles. The van der Waals surface area contributed by atoms with Gasteiger partial charge in [0.25, 0.3) is 20.0 Å². The van der Waals surface area contributed by atoms with Crippen LogP contribution in [-0.4, -0.2) is 30.5 Å². The predicted molar refractivity (Wildman–Crippen MR) is 124 cm³/mol. The first kappa shape index (κ1) is 23.1. The van der Waals surface area contributed by atoms with Crippen molar-refractivity contribution in [2.75, 3.05) is 22.7 Å². The number of methoxy groups -OCH3 is 1. The number of hydrogen-bond acceptors (Lipinski definition) is 5. The molecule has 0 radical (unpaired) electrons. The number of ether oxygens (including phenoxy) is 1. The Morgan fingerprint density at radius 3 is 2.30 bits per heavy atom. The molecule has 0 bridgehead atoms. The smallest absolute Gasteiger partial charge is 0.264 e. The summed E-state index contributed by atoms with van der Waals surface area (Å²) in [5.41, 5.74) is 1.76. The first-order valence-electron chi connectivity index (χ1n) is 10.2. The number of nitrogens with zero attached hydrogens (tertiary/aromatic N) is 1. The zero-order chi connectivity index (χ0) is 23.8. The van der Waals surface area contributed by atoms with Crippen LogP contribution >= 0.6 is 0 Å². The van der Waals surface area contributed by atoms with Crippen molar-refractivity contribution >= 4 is 31.4 Å². The van der Waals surface area contributed by atoms with Gasteiger partial charge >= 0.3 is 0 Å². The first-order chi connectivity index (χ1) is 15.6. The second-order valence-electron chi connectivity index (χ2n) is 7.72. The van der Waals surface area contributed by atoms with Crippen LogP contribution in [0.1, 0.15) is 17.5 Å². The van der Waals surface area contributed by atoms with Crippen LogP contribution < -0.4 is 13.8 Å². The third-order valence-electron chi connectivity index (χ3n) is 5.49. The second kappa shape index (κ2) is 8.68. The summed E-state index contributed by atoms with van der Waals surface area (Å²) in [5.74, 6) is 0.0714. The van der Waals surface area contributed by atoms with Gasteiger partial charge in [-0.2, -0.15) is 0 Å². The summed E-state index contributed by atoms with van der Waals surface area (Å²) in [7, 11) is -6.22. The first-order valence-corrected chi connectivity index (χ1v) is 13.1. The predicted octanol–water partition coefficient (Wildman–Crippen LogP) is 4.09. The van der Waals surface area contributed by atoms with E-state index in [0.717, 1.165) is 6.07 Å². The average Bonchev–Trinajstić information content (AvgIpc) is 2.80. The van der Waals surface area contributed by atoms with Crippen molar-refractivity contribution in [1.29, 1.82) is 0 Å². The van der Waals surface area contributed by atoms with Crippen LogP contribution in [0.15, 0.2) is 70.5 Å². The normalized spacial score (nSPS) is 14.0. The highest BCUT2D eigenvalue weighted by molar-refractivity contribution is 7.93. The molecule has 7 nitrogen and oxygen atoms in total. The topological polar surface area (TPSA) is 92.8 Å². The van der Waals surface area contributed by atoms with Crippen LogP contribution in [0.25, 0.3) is 0 Å². The molecule has 3 aromatic carbocycles. The quantitative estimate of drug-likeness (QED) is 0.562. The number of sulfonamides is 2. The van der Waals surface area contributed by atoms with Gasteiger partial charge < -0.3 is 4.74 Å². The Morgan fingerprint density at radius 1 is 0.939 bits per heavy atom. The highest BCUT2D eigenvalue weighted by Gasteiger charge is 2.29.